The molecule has 3 aliphatic rings. The number of benzene rings is 2. The Morgan fingerprint density at radius 2 is 1.88 bits per heavy atom. The number of hydrazone groups is 1. The monoisotopic (exact) mass is 551 g/mol. The van der Waals surface area contributed by atoms with E-state index in [0.29, 0.717) is 50.8 Å². The highest BCUT2D eigenvalue weighted by Crippen LogP contribution is 2.39. The maximum atomic E-state index is 13.9. The number of rotatable bonds is 10. The van der Waals surface area contributed by atoms with Crippen molar-refractivity contribution in [2.45, 2.75) is 25.8 Å². The Morgan fingerprint density at radius 1 is 1.10 bits per heavy atom. The third-order valence-corrected chi connectivity index (χ3v) is 7.30. The van der Waals surface area contributed by atoms with E-state index < -0.39 is 0 Å². The van der Waals surface area contributed by atoms with Gasteiger partial charge in [-0.15, -0.1) is 0 Å². The lowest BCUT2D eigenvalue weighted by Crippen LogP contribution is -2.49. The van der Waals surface area contributed by atoms with Gasteiger partial charge in [-0.2, -0.15) is 5.10 Å². The van der Waals surface area contributed by atoms with Gasteiger partial charge in [-0.3, -0.25) is 9.69 Å². The first-order valence-corrected chi connectivity index (χ1v) is 13.8. The van der Waals surface area contributed by atoms with Gasteiger partial charge in [-0.25, -0.2) is 9.80 Å². The first-order chi connectivity index (χ1) is 19.6. The van der Waals surface area contributed by atoms with E-state index in [1.54, 1.807) is 12.0 Å². The molecular formula is C29H37N5O6. The molecule has 1 atom stereocenters. The second kappa shape index (κ2) is 13.0. The number of carbonyl (C=O) groups excluding carboxylic acids is 2. The largest absolute Gasteiger partial charge is 0.497 e. The minimum Gasteiger partial charge on any atom is -0.497 e. The maximum absolute atomic E-state index is 13.9. The second-order valence-electron chi connectivity index (χ2n) is 9.95. The van der Waals surface area contributed by atoms with Gasteiger partial charge in [0.15, 0.2) is 11.5 Å². The van der Waals surface area contributed by atoms with E-state index in [4.69, 9.17) is 24.0 Å². The fourth-order valence-corrected chi connectivity index (χ4v) is 5.00. The van der Waals surface area contributed by atoms with E-state index >= 15 is 0 Å². The van der Waals surface area contributed by atoms with Crippen LogP contribution in [0.25, 0.3) is 0 Å². The molecule has 0 bridgehead atoms. The summed E-state index contributed by atoms with van der Waals surface area (Å²) in [4.78, 5) is 30.8. The van der Waals surface area contributed by atoms with Crippen LogP contribution >= 0.6 is 0 Å². The first kappa shape index (κ1) is 27.7. The van der Waals surface area contributed by atoms with Crippen LogP contribution in [0.1, 0.15) is 36.9 Å². The average Bonchev–Trinajstić information content (AvgIpc) is 3.66. The van der Waals surface area contributed by atoms with Gasteiger partial charge in [-0.05, 0) is 53.9 Å². The van der Waals surface area contributed by atoms with Crippen LogP contribution in [0.4, 0.5) is 4.79 Å². The zero-order valence-electron chi connectivity index (χ0n) is 23.1. The third-order valence-electron chi connectivity index (χ3n) is 7.30. The number of carbonyl (C=O) groups is 2. The van der Waals surface area contributed by atoms with Crippen molar-refractivity contribution in [3.8, 4) is 17.2 Å². The molecule has 0 spiro atoms. The lowest BCUT2D eigenvalue weighted by atomic mass is 9.98. The number of amides is 3. The van der Waals surface area contributed by atoms with Crippen LogP contribution in [-0.2, 0) is 9.53 Å². The van der Waals surface area contributed by atoms with Crippen molar-refractivity contribution in [2.24, 2.45) is 5.10 Å². The summed E-state index contributed by atoms with van der Waals surface area (Å²) in [5.74, 6) is 1.82. The zero-order chi connectivity index (χ0) is 27.9. The van der Waals surface area contributed by atoms with Crippen LogP contribution in [0.2, 0.25) is 0 Å². The van der Waals surface area contributed by atoms with Gasteiger partial charge in [0.05, 0.1) is 32.1 Å². The molecule has 1 fully saturated rings. The molecule has 0 saturated carbocycles. The van der Waals surface area contributed by atoms with E-state index in [9.17, 15) is 9.59 Å². The number of urea groups is 1. The molecule has 3 heterocycles. The Bertz CT molecular complexity index is 1210. The minimum absolute atomic E-state index is 0.0830. The normalized spacial score (nSPS) is 18.4. The number of nitrogens with one attached hydrogen (secondary N) is 1. The summed E-state index contributed by atoms with van der Waals surface area (Å²) in [6.07, 6.45) is 1.33. The maximum Gasteiger partial charge on any atom is 0.317 e. The van der Waals surface area contributed by atoms with Gasteiger partial charge in [0, 0.05) is 39.1 Å². The predicted octanol–water partition coefficient (Wildman–Crippen LogP) is 2.86. The summed E-state index contributed by atoms with van der Waals surface area (Å²) in [5.41, 5.74) is 2.58. The molecule has 214 valence electrons. The van der Waals surface area contributed by atoms with Crippen LogP contribution in [-0.4, -0.2) is 98.8 Å². The Hall–Kier alpha value is -3.83. The number of methoxy groups -OCH3 is 1. The van der Waals surface area contributed by atoms with Gasteiger partial charge < -0.3 is 29.2 Å². The molecule has 2 aromatic carbocycles. The lowest BCUT2D eigenvalue weighted by molar-refractivity contribution is -0.133. The molecule has 1 saturated heterocycles. The minimum atomic E-state index is -0.348. The molecule has 3 amide bonds. The molecular weight excluding hydrogens is 514 g/mol. The van der Waals surface area contributed by atoms with Crippen molar-refractivity contribution in [3.63, 3.8) is 0 Å². The molecule has 0 aromatic heterocycles. The number of ether oxygens (including phenoxy) is 4. The Morgan fingerprint density at radius 3 is 2.62 bits per heavy atom. The second-order valence-corrected chi connectivity index (χ2v) is 9.95. The Labute approximate surface area is 234 Å². The standard InChI is InChI=1S/C29H37N5O6/c1-3-10-30-29(36)33(12-11-32-13-15-38-16-14-32)19-28(35)34-25(22-6-9-26-27(17-22)40-20-39-26)18-24(31-34)21-4-7-23(37-2)8-5-21/h4-9,17,25H,3,10-16,18-20H2,1-2H3,(H,30,36). The van der Waals surface area contributed by atoms with Crippen LogP contribution in [0.5, 0.6) is 17.2 Å². The highest BCUT2D eigenvalue weighted by molar-refractivity contribution is 6.03. The summed E-state index contributed by atoms with van der Waals surface area (Å²) < 4.78 is 21.8. The molecule has 5 rings (SSSR count). The topological polar surface area (TPSA) is 105 Å². The van der Waals surface area contributed by atoms with Gasteiger partial charge in [0.25, 0.3) is 5.91 Å². The third kappa shape index (κ3) is 6.48. The van der Waals surface area contributed by atoms with Crippen LogP contribution in [0, 0.1) is 0 Å². The van der Waals surface area contributed by atoms with Crippen LogP contribution in [0.3, 0.4) is 0 Å². The van der Waals surface area contributed by atoms with Gasteiger partial charge in [0.2, 0.25) is 6.79 Å². The number of hydrogen-bond donors (Lipinski definition) is 1. The number of fused-ring (bicyclic) bond motifs is 1. The quantitative estimate of drug-likeness (QED) is 0.484. The highest BCUT2D eigenvalue weighted by Gasteiger charge is 2.35. The molecule has 11 nitrogen and oxygen atoms in total. The molecule has 1 unspecified atom stereocenters. The van der Waals surface area contributed by atoms with Crippen molar-refractivity contribution in [3.05, 3.63) is 53.6 Å². The first-order valence-electron chi connectivity index (χ1n) is 13.8. The van der Waals surface area contributed by atoms with E-state index in [1.807, 2.05) is 49.4 Å². The fraction of sp³-hybridized carbons (Fsp3) is 0.483. The SMILES string of the molecule is CCCNC(=O)N(CCN1CCOCC1)CC(=O)N1N=C(c2ccc(OC)cc2)CC1c1ccc2c(c1)OCO2. The Kier molecular flexibility index (Phi) is 9.02. The number of morpholine rings is 1. The van der Waals surface area contributed by atoms with Crippen molar-refractivity contribution < 1.29 is 28.5 Å². The zero-order valence-corrected chi connectivity index (χ0v) is 23.1. The molecule has 0 radical (unpaired) electrons. The summed E-state index contributed by atoms with van der Waals surface area (Å²) in [6.45, 7) is 6.71. The van der Waals surface area contributed by atoms with E-state index in [-0.39, 0.29) is 31.3 Å². The van der Waals surface area contributed by atoms with Crippen LogP contribution in [0.15, 0.2) is 47.6 Å². The fourth-order valence-electron chi connectivity index (χ4n) is 5.00. The van der Waals surface area contributed by atoms with E-state index in [2.05, 4.69) is 10.2 Å². The lowest BCUT2D eigenvalue weighted by Gasteiger charge is -2.31. The van der Waals surface area contributed by atoms with Crippen molar-refractivity contribution in [2.75, 3.05) is 66.4 Å². The predicted molar refractivity (Wildman–Crippen MR) is 149 cm³/mol. The van der Waals surface area contributed by atoms with Gasteiger partial charge in [-0.1, -0.05) is 13.0 Å². The van der Waals surface area contributed by atoms with Crippen molar-refractivity contribution in [1.82, 2.24) is 20.1 Å². The van der Waals surface area contributed by atoms with E-state index in [1.165, 1.54) is 5.01 Å². The number of nitrogens with zero attached hydrogens (tertiary/aromatic N) is 4. The number of hydrogen-bond acceptors (Lipinski definition) is 8. The average molecular weight is 552 g/mol. The van der Waals surface area contributed by atoms with Crippen molar-refractivity contribution in [1.29, 1.82) is 0 Å². The summed E-state index contributed by atoms with van der Waals surface area (Å²) in [5, 5.41) is 9.24. The van der Waals surface area contributed by atoms with Gasteiger partial charge >= 0.3 is 6.03 Å². The molecule has 2 aromatic rings. The van der Waals surface area contributed by atoms with Gasteiger partial charge in [0.1, 0.15) is 12.3 Å². The summed E-state index contributed by atoms with van der Waals surface area (Å²) in [7, 11) is 1.62. The summed E-state index contributed by atoms with van der Waals surface area (Å²) in [6, 6.07) is 12.7. The molecule has 3 aliphatic heterocycles. The van der Waals surface area contributed by atoms with E-state index in [0.717, 1.165) is 42.1 Å². The van der Waals surface area contributed by atoms with Crippen LogP contribution < -0.4 is 19.5 Å². The summed E-state index contributed by atoms with van der Waals surface area (Å²) >= 11 is 0. The smallest absolute Gasteiger partial charge is 0.317 e. The molecule has 40 heavy (non-hydrogen) atoms. The highest BCUT2D eigenvalue weighted by atomic mass is 16.7. The van der Waals surface area contributed by atoms with Crippen molar-refractivity contribution >= 4 is 17.6 Å². The molecule has 0 aliphatic carbocycles. The molecule has 11 heteroatoms. The molecule has 1 N–H and O–H groups in total. The Balaban J connectivity index is 1.37.